The van der Waals surface area contributed by atoms with Crippen molar-refractivity contribution < 1.29 is 14.7 Å². The van der Waals surface area contributed by atoms with Gasteiger partial charge < -0.3 is 15.1 Å². The number of hydrogen-bond donors (Lipinski definition) is 4. The molecule has 0 spiro atoms. The number of carboxylic acid groups (broad SMARTS) is 1. The number of aryl methyl sites for hydroxylation is 4. The molecule has 53 heavy (non-hydrogen) atoms. The summed E-state index contributed by atoms with van der Waals surface area (Å²) in [5, 5.41) is 20.1. The number of aromatic amines is 3. The van der Waals surface area contributed by atoms with Gasteiger partial charge in [-0.1, -0.05) is 44.0 Å². The molecule has 0 saturated heterocycles. The smallest absolute Gasteiger partial charge is 0.308 e. The third kappa shape index (κ3) is 12.5. The molecule has 0 aliphatic rings. The van der Waals surface area contributed by atoms with E-state index in [1.807, 2.05) is 57.2 Å². The lowest BCUT2D eigenvalue weighted by atomic mass is 9.95. The van der Waals surface area contributed by atoms with E-state index >= 15 is 0 Å². The van der Waals surface area contributed by atoms with Crippen LogP contribution in [0.25, 0.3) is 22.5 Å². The minimum Gasteiger partial charge on any atom is -0.481 e. The van der Waals surface area contributed by atoms with Gasteiger partial charge in [0.05, 0.1) is 25.5 Å². The zero-order chi connectivity index (χ0) is 38.9. The van der Waals surface area contributed by atoms with Gasteiger partial charge in [-0.05, 0) is 95.0 Å². The number of pyridine rings is 2. The van der Waals surface area contributed by atoms with Gasteiger partial charge in [0.1, 0.15) is 0 Å². The minimum atomic E-state index is -0.757. The van der Waals surface area contributed by atoms with Crippen LogP contribution in [0.2, 0.25) is 8.67 Å². The Morgan fingerprint density at radius 3 is 1.66 bits per heavy atom. The van der Waals surface area contributed by atoms with Crippen LogP contribution in [-0.2, 0) is 30.5 Å². The molecule has 6 rings (SSSR count). The number of carbonyl (C=O) groups excluding carboxylic acids is 1. The van der Waals surface area contributed by atoms with Gasteiger partial charge in [0.25, 0.3) is 5.91 Å². The maximum absolute atomic E-state index is 12.8. The average molecular weight is 798 g/mol. The van der Waals surface area contributed by atoms with Gasteiger partial charge in [-0.2, -0.15) is 10.2 Å². The third-order valence-corrected chi connectivity index (χ3v) is 10.2. The molecule has 0 aliphatic heterocycles. The van der Waals surface area contributed by atoms with Gasteiger partial charge in [-0.25, -0.2) is 4.68 Å². The number of aromatic nitrogens is 6. The summed E-state index contributed by atoms with van der Waals surface area (Å²) in [6, 6.07) is 18.2. The molecular weight excluding hydrogens is 755 g/mol. The molecule has 0 saturated carbocycles. The van der Waals surface area contributed by atoms with Crippen molar-refractivity contribution >= 4 is 57.8 Å². The highest BCUT2D eigenvalue weighted by molar-refractivity contribution is 7.16. The van der Waals surface area contributed by atoms with Crippen molar-refractivity contribution in [2.75, 3.05) is 0 Å². The van der Waals surface area contributed by atoms with Crippen LogP contribution in [0.5, 0.6) is 0 Å². The number of nitrogens with zero attached hydrogens (tertiary/aromatic N) is 3. The Balaban J connectivity index is 0.000000205. The number of carboxylic acids is 1. The summed E-state index contributed by atoms with van der Waals surface area (Å²) in [5.74, 6) is -0.820. The summed E-state index contributed by atoms with van der Waals surface area (Å²) in [4.78, 5) is 52.9. The van der Waals surface area contributed by atoms with E-state index in [9.17, 15) is 19.2 Å². The maximum atomic E-state index is 12.8. The zero-order valence-electron chi connectivity index (χ0n) is 30.3. The summed E-state index contributed by atoms with van der Waals surface area (Å²) in [7, 11) is 0. The maximum Gasteiger partial charge on any atom is 0.308 e. The van der Waals surface area contributed by atoms with E-state index in [4.69, 9.17) is 28.3 Å². The average Bonchev–Trinajstić information content (AvgIpc) is 3.91. The molecule has 15 heteroatoms. The first kappa shape index (κ1) is 41.2. The Morgan fingerprint density at radius 2 is 1.23 bits per heavy atom. The van der Waals surface area contributed by atoms with Gasteiger partial charge in [0.15, 0.2) is 0 Å². The quantitative estimate of drug-likeness (QED) is 0.119. The molecule has 11 nitrogen and oxygen atoms in total. The molecule has 0 bridgehead atoms. The fourth-order valence-electron chi connectivity index (χ4n) is 4.49. The van der Waals surface area contributed by atoms with Gasteiger partial charge >= 0.3 is 5.97 Å². The number of aliphatic carboxylic acids is 1. The molecule has 0 aliphatic carbocycles. The number of thiophene rings is 2. The van der Waals surface area contributed by atoms with E-state index in [2.05, 4.69) is 25.3 Å². The highest BCUT2D eigenvalue weighted by Crippen LogP contribution is 2.27. The molecular formula is C38H42Cl2N6O5S2. The topological polar surface area (TPSA) is 167 Å². The molecule has 0 atom stereocenters. The number of H-pyrrole nitrogens is 3. The highest BCUT2D eigenvalue weighted by atomic mass is 35.5. The van der Waals surface area contributed by atoms with Crippen molar-refractivity contribution in [1.82, 2.24) is 29.9 Å². The fraction of sp³-hybridized carbons (Fsp3) is 0.316. The third-order valence-electron chi connectivity index (χ3n) is 7.58. The molecule has 0 fully saturated rings. The van der Waals surface area contributed by atoms with Crippen LogP contribution in [-0.4, -0.2) is 46.9 Å². The minimum absolute atomic E-state index is 0.0626. The van der Waals surface area contributed by atoms with E-state index in [0.29, 0.717) is 12.1 Å². The Morgan fingerprint density at radius 1 is 0.717 bits per heavy atom. The largest absolute Gasteiger partial charge is 0.481 e. The van der Waals surface area contributed by atoms with Crippen LogP contribution < -0.4 is 11.1 Å². The molecule has 0 aromatic carbocycles. The SMILES string of the molecule is CC(C)(C)C(=O)O.CC(C)(C)C(=O)n1nc(-c2ccc(=O)[nH]c2)cc1CCc1ccc(Cl)s1.O=c1ccc(-c2cc(CCc3ccc(Cl)s3)[nH]n2)c[nH]1. The van der Waals surface area contributed by atoms with Crippen molar-refractivity contribution in [2.45, 2.75) is 67.2 Å². The molecule has 0 amide bonds. The Labute approximate surface area is 325 Å². The summed E-state index contributed by atoms with van der Waals surface area (Å²) >= 11 is 15.1. The Bertz CT molecular complexity index is 2230. The predicted molar refractivity (Wildman–Crippen MR) is 214 cm³/mol. The first-order valence-corrected chi connectivity index (χ1v) is 19.1. The van der Waals surface area contributed by atoms with Crippen molar-refractivity contribution in [3.8, 4) is 22.5 Å². The number of hydrogen-bond acceptors (Lipinski definition) is 8. The van der Waals surface area contributed by atoms with E-state index in [-0.39, 0.29) is 17.0 Å². The lowest BCUT2D eigenvalue weighted by Crippen LogP contribution is -2.29. The van der Waals surface area contributed by atoms with Gasteiger partial charge in [-0.15, -0.1) is 22.7 Å². The number of rotatable bonds is 8. The molecule has 0 unspecified atom stereocenters. The first-order valence-electron chi connectivity index (χ1n) is 16.7. The van der Waals surface area contributed by atoms with Crippen LogP contribution in [0.1, 0.15) is 67.5 Å². The van der Waals surface area contributed by atoms with E-state index in [1.165, 1.54) is 21.7 Å². The zero-order valence-corrected chi connectivity index (χ0v) is 33.4. The molecule has 6 aromatic heterocycles. The molecule has 6 aromatic rings. The van der Waals surface area contributed by atoms with Crippen LogP contribution >= 0.6 is 45.9 Å². The molecule has 280 valence electrons. The Hall–Kier alpha value is -4.56. The van der Waals surface area contributed by atoms with Crippen LogP contribution in [0.3, 0.4) is 0 Å². The number of halogens is 2. The monoisotopic (exact) mass is 796 g/mol. The summed E-state index contributed by atoms with van der Waals surface area (Å²) in [5.41, 5.74) is 3.66. The van der Waals surface area contributed by atoms with Gasteiger partial charge in [0, 0.05) is 62.2 Å². The summed E-state index contributed by atoms with van der Waals surface area (Å²) in [6.45, 7) is 10.6. The lowest BCUT2D eigenvalue weighted by molar-refractivity contribution is -0.145. The standard InChI is InChI=1S/C19H20ClN3O2S.C14H12ClN3OS.C5H10O2/c1-19(2,3)18(25)23-13(5-6-14-7-8-16(20)26-14)10-15(22-23)12-4-9-17(24)21-11-12;15-13-5-4-11(20-13)3-2-10-7-12(18-17-10)9-1-6-14(19)16-8-9;1-5(2,3)4(6)7/h4,7-11H,5-6H2,1-3H3,(H,21,24);1,4-8H,2-3H2,(H,16,19)(H,17,18);1-3H3,(H,6,7). The van der Waals surface area contributed by atoms with Crippen molar-refractivity contribution in [3.05, 3.63) is 124 Å². The van der Waals surface area contributed by atoms with Crippen molar-refractivity contribution in [1.29, 1.82) is 0 Å². The highest BCUT2D eigenvalue weighted by Gasteiger charge is 2.27. The summed E-state index contributed by atoms with van der Waals surface area (Å²) < 4.78 is 3.07. The van der Waals surface area contributed by atoms with Crippen molar-refractivity contribution in [2.24, 2.45) is 10.8 Å². The second-order valence-electron chi connectivity index (χ2n) is 14.1. The Kier molecular flexibility index (Phi) is 14.0. The van der Waals surface area contributed by atoms with Crippen LogP contribution in [0, 0.1) is 10.8 Å². The summed E-state index contributed by atoms with van der Waals surface area (Å²) in [6.07, 6.45) is 6.55. The van der Waals surface area contributed by atoms with Gasteiger partial charge in [-0.3, -0.25) is 24.3 Å². The van der Waals surface area contributed by atoms with E-state index in [1.54, 1.807) is 68.0 Å². The lowest BCUT2D eigenvalue weighted by Gasteiger charge is -2.17. The predicted octanol–water partition coefficient (Wildman–Crippen LogP) is 8.81. The van der Waals surface area contributed by atoms with Crippen LogP contribution in [0.4, 0.5) is 0 Å². The molecule has 6 heterocycles. The molecule has 0 radical (unpaired) electrons. The number of nitrogens with one attached hydrogen (secondary N) is 3. The fourth-order valence-corrected chi connectivity index (χ4v) is 6.67. The second kappa shape index (κ2) is 18.0. The first-order chi connectivity index (χ1) is 24.9. The van der Waals surface area contributed by atoms with Crippen LogP contribution in [0.15, 0.2) is 82.6 Å². The van der Waals surface area contributed by atoms with E-state index < -0.39 is 16.8 Å². The van der Waals surface area contributed by atoms with E-state index in [0.717, 1.165) is 61.0 Å². The van der Waals surface area contributed by atoms with Crippen molar-refractivity contribution in [3.63, 3.8) is 0 Å². The van der Waals surface area contributed by atoms with Gasteiger partial charge in [0.2, 0.25) is 11.1 Å². The molecule has 4 N–H and O–H groups in total. The second-order valence-corrected chi connectivity index (χ2v) is 17.7. The normalized spacial score (nSPS) is 11.3. The number of carbonyl (C=O) groups is 2.